The molecular weight excluding hydrogens is 340 g/mol. The summed E-state index contributed by atoms with van der Waals surface area (Å²) in [5.41, 5.74) is 0.600. The van der Waals surface area contributed by atoms with Crippen LogP contribution in [0.3, 0.4) is 0 Å². The number of hydrogen-bond acceptors (Lipinski definition) is 6. The number of nitrogens with one attached hydrogen (secondary N) is 2. The number of hydrogen-bond donors (Lipinski definition) is 2. The van der Waals surface area contributed by atoms with E-state index in [0.717, 1.165) is 0 Å². The predicted octanol–water partition coefficient (Wildman–Crippen LogP) is 3.80. The van der Waals surface area contributed by atoms with Crippen molar-refractivity contribution in [3.63, 3.8) is 0 Å². The molecule has 2 amide bonds. The van der Waals surface area contributed by atoms with E-state index in [1.807, 2.05) is 6.26 Å². The van der Waals surface area contributed by atoms with Crippen LogP contribution in [0.4, 0.5) is 16.2 Å². The molecule has 0 saturated heterocycles. The number of aromatic nitrogens is 2. The van der Waals surface area contributed by atoms with Gasteiger partial charge in [0.05, 0.1) is 16.9 Å². The molecule has 0 spiro atoms. The molecule has 8 heteroatoms. The van der Waals surface area contributed by atoms with Crippen LogP contribution in [0.2, 0.25) is 0 Å². The molecule has 25 heavy (non-hydrogen) atoms. The number of ether oxygens (including phenoxy) is 1. The molecule has 2 N–H and O–H groups in total. The van der Waals surface area contributed by atoms with Crippen molar-refractivity contribution in [2.75, 3.05) is 16.9 Å². The van der Waals surface area contributed by atoms with E-state index in [1.54, 1.807) is 45.0 Å². The molecule has 0 bridgehead atoms. The molecular formula is C17H20N4O3S. The van der Waals surface area contributed by atoms with Gasteiger partial charge in [0.15, 0.2) is 5.16 Å². The third-order valence-corrected chi connectivity index (χ3v) is 3.46. The van der Waals surface area contributed by atoms with Gasteiger partial charge in [0, 0.05) is 12.4 Å². The van der Waals surface area contributed by atoms with Crippen molar-refractivity contribution in [1.82, 2.24) is 9.97 Å². The standard InChI is InChI=1S/C17H20N4O3S/c1-17(2,3)24-16(23)21-13-8-6-5-7-12(13)20-14(22)11-9-18-15(25-4)19-10-11/h5-10H,1-4H3,(H,20,22)(H,21,23). The first-order valence-electron chi connectivity index (χ1n) is 7.55. The van der Waals surface area contributed by atoms with Crippen molar-refractivity contribution in [2.45, 2.75) is 31.5 Å². The first-order valence-corrected chi connectivity index (χ1v) is 8.77. The fraction of sp³-hybridized carbons (Fsp3) is 0.294. The van der Waals surface area contributed by atoms with Crippen LogP contribution in [-0.4, -0.2) is 33.8 Å². The van der Waals surface area contributed by atoms with Gasteiger partial charge in [-0.1, -0.05) is 23.9 Å². The Labute approximate surface area is 150 Å². The van der Waals surface area contributed by atoms with Gasteiger partial charge >= 0.3 is 6.09 Å². The highest BCUT2D eigenvalue weighted by atomic mass is 32.2. The van der Waals surface area contributed by atoms with Gasteiger partial charge in [-0.05, 0) is 39.2 Å². The number of rotatable bonds is 4. The highest BCUT2D eigenvalue weighted by molar-refractivity contribution is 7.98. The molecule has 1 heterocycles. The van der Waals surface area contributed by atoms with E-state index in [2.05, 4.69) is 20.6 Å². The summed E-state index contributed by atoms with van der Waals surface area (Å²) in [5.74, 6) is -0.369. The number of benzene rings is 1. The number of carbonyl (C=O) groups excluding carboxylic acids is 2. The van der Waals surface area contributed by atoms with E-state index < -0.39 is 11.7 Å². The van der Waals surface area contributed by atoms with Gasteiger partial charge in [-0.25, -0.2) is 14.8 Å². The Morgan fingerprint density at radius 3 is 2.12 bits per heavy atom. The maximum absolute atomic E-state index is 12.3. The van der Waals surface area contributed by atoms with Gasteiger partial charge in [0.2, 0.25) is 0 Å². The summed E-state index contributed by atoms with van der Waals surface area (Å²) in [6, 6.07) is 6.86. The quantitative estimate of drug-likeness (QED) is 0.636. The number of anilines is 2. The van der Waals surface area contributed by atoms with Crippen molar-refractivity contribution in [3.05, 3.63) is 42.2 Å². The van der Waals surface area contributed by atoms with E-state index in [0.29, 0.717) is 22.1 Å². The second-order valence-electron chi connectivity index (χ2n) is 6.09. The van der Waals surface area contributed by atoms with Crippen LogP contribution >= 0.6 is 11.8 Å². The minimum Gasteiger partial charge on any atom is -0.444 e. The van der Waals surface area contributed by atoms with E-state index in [1.165, 1.54) is 24.2 Å². The number of carbonyl (C=O) groups is 2. The highest BCUT2D eigenvalue weighted by Gasteiger charge is 2.18. The smallest absolute Gasteiger partial charge is 0.412 e. The largest absolute Gasteiger partial charge is 0.444 e. The second kappa shape index (κ2) is 7.98. The maximum Gasteiger partial charge on any atom is 0.412 e. The van der Waals surface area contributed by atoms with Gasteiger partial charge in [-0.15, -0.1) is 0 Å². The summed E-state index contributed by atoms with van der Waals surface area (Å²) in [5, 5.41) is 5.95. The van der Waals surface area contributed by atoms with Gasteiger partial charge < -0.3 is 10.1 Å². The van der Waals surface area contributed by atoms with Crippen molar-refractivity contribution < 1.29 is 14.3 Å². The lowest BCUT2D eigenvalue weighted by atomic mass is 10.2. The Balaban J connectivity index is 2.11. The lowest BCUT2D eigenvalue weighted by Gasteiger charge is -2.20. The van der Waals surface area contributed by atoms with E-state index in [4.69, 9.17) is 4.74 Å². The van der Waals surface area contributed by atoms with Crippen molar-refractivity contribution in [2.24, 2.45) is 0 Å². The van der Waals surface area contributed by atoms with Gasteiger partial charge in [0.1, 0.15) is 5.60 Å². The minimum absolute atomic E-state index is 0.324. The Morgan fingerprint density at radius 1 is 1.04 bits per heavy atom. The number of amides is 2. The first-order chi connectivity index (χ1) is 11.8. The summed E-state index contributed by atoms with van der Waals surface area (Å²) in [7, 11) is 0. The molecule has 0 saturated carbocycles. The summed E-state index contributed by atoms with van der Waals surface area (Å²) in [6.07, 6.45) is 4.17. The van der Waals surface area contributed by atoms with E-state index in [-0.39, 0.29) is 5.91 Å². The van der Waals surface area contributed by atoms with Crippen LogP contribution in [0.1, 0.15) is 31.1 Å². The molecule has 1 aromatic carbocycles. The molecule has 1 aromatic heterocycles. The first kappa shape index (κ1) is 18.7. The van der Waals surface area contributed by atoms with Gasteiger partial charge in [0.25, 0.3) is 5.91 Å². The zero-order valence-electron chi connectivity index (χ0n) is 14.5. The third-order valence-electron chi connectivity index (χ3n) is 2.88. The lowest BCUT2D eigenvalue weighted by molar-refractivity contribution is 0.0635. The second-order valence-corrected chi connectivity index (χ2v) is 6.86. The summed E-state index contributed by atoms with van der Waals surface area (Å²) < 4.78 is 5.23. The van der Waals surface area contributed by atoms with Crippen LogP contribution in [0.5, 0.6) is 0 Å². The van der Waals surface area contributed by atoms with E-state index in [9.17, 15) is 9.59 Å². The predicted molar refractivity (Wildman–Crippen MR) is 98.1 cm³/mol. The van der Waals surface area contributed by atoms with Crippen molar-refractivity contribution in [1.29, 1.82) is 0 Å². The molecule has 7 nitrogen and oxygen atoms in total. The molecule has 2 aromatic rings. The van der Waals surface area contributed by atoms with E-state index >= 15 is 0 Å². The lowest BCUT2D eigenvalue weighted by Crippen LogP contribution is -2.27. The zero-order chi connectivity index (χ0) is 18.4. The van der Waals surface area contributed by atoms with Crippen LogP contribution in [-0.2, 0) is 4.74 Å². The Morgan fingerprint density at radius 2 is 1.60 bits per heavy atom. The molecule has 0 aliphatic heterocycles. The van der Waals surface area contributed by atoms with Crippen molar-refractivity contribution >= 4 is 35.1 Å². The Kier molecular flexibility index (Phi) is 5.97. The maximum atomic E-state index is 12.3. The van der Waals surface area contributed by atoms with Gasteiger partial charge in [-0.2, -0.15) is 0 Å². The van der Waals surface area contributed by atoms with Gasteiger partial charge in [-0.3, -0.25) is 10.1 Å². The number of nitrogens with zero attached hydrogens (tertiary/aromatic N) is 2. The normalized spacial score (nSPS) is 10.9. The fourth-order valence-corrected chi connectivity index (χ4v) is 2.16. The molecule has 0 unspecified atom stereocenters. The Bertz CT molecular complexity index is 757. The third kappa shape index (κ3) is 5.75. The number of para-hydroxylation sites is 2. The minimum atomic E-state index is -0.612. The molecule has 0 fully saturated rings. The number of thioether (sulfide) groups is 1. The van der Waals surface area contributed by atoms with Crippen LogP contribution < -0.4 is 10.6 Å². The molecule has 0 atom stereocenters. The summed E-state index contributed by atoms with van der Waals surface area (Å²) in [6.45, 7) is 5.33. The van der Waals surface area contributed by atoms with Crippen molar-refractivity contribution in [3.8, 4) is 0 Å². The SMILES string of the molecule is CSc1ncc(C(=O)Nc2ccccc2NC(=O)OC(C)(C)C)cn1. The fourth-order valence-electron chi connectivity index (χ4n) is 1.85. The average molecular weight is 360 g/mol. The van der Waals surface area contributed by atoms with Crippen LogP contribution in [0.25, 0.3) is 0 Å². The van der Waals surface area contributed by atoms with Crippen LogP contribution in [0.15, 0.2) is 41.8 Å². The molecule has 2 rings (SSSR count). The molecule has 132 valence electrons. The summed E-state index contributed by atoms with van der Waals surface area (Å²) in [4.78, 5) is 32.4. The molecule has 0 radical (unpaired) electrons. The topological polar surface area (TPSA) is 93.2 Å². The van der Waals surface area contributed by atoms with Crippen LogP contribution in [0, 0.1) is 0 Å². The molecule has 0 aliphatic carbocycles. The Hall–Kier alpha value is -2.61. The monoisotopic (exact) mass is 360 g/mol. The zero-order valence-corrected chi connectivity index (χ0v) is 15.3. The highest BCUT2D eigenvalue weighted by Crippen LogP contribution is 2.22. The average Bonchev–Trinajstić information content (AvgIpc) is 2.55. The molecule has 0 aliphatic rings. The summed E-state index contributed by atoms with van der Waals surface area (Å²) >= 11 is 1.39.